The highest BCUT2D eigenvalue weighted by Crippen LogP contribution is 2.19. The second-order valence-electron chi connectivity index (χ2n) is 4.61. The van der Waals surface area contributed by atoms with Gasteiger partial charge in [0.25, 0.3) is 0 Å². The summed E-state index contributed by atoms with van der Waals surface area (Å²) in [5, 5.41) is 3.28. The highest BCUT2D eigenvalue weighted by Gasteiger charge is 2.05. The number of aromatic nitrogens is 2. The molecule has 0 unspecified atom stereocenters. The first-order chi connectivity index (χ1) is 10.3. The second kappa shape index (κ2) is 7.44. The van der Waals surface area contributed by atoms with Gasteiger partial charge in [0.05, 0.1) is 7.11 Å². The number of hydrazine groups is 1. The van der Waals surface area contributed by atoms with Gasteiger partial charge in [-0.3, -0.25) is 0 Å². The molecule has 21 heavy (non-hydrogen) atoms. The van der Waals surface area contributed by atoms with Gasteiger partial charge < -0.3 is 15.5 Å². The van der Waals surface area contributed by atoms with Crippen molar-refractivity contribution in [2.75, 3.05) is 17.9 Å². The number of aryl methyl sites for hydroxylation is 1. The van der Waals surface area contributed by atoms with Crippen molar-refractivity contribution in [3.8, 4) is 5.75 Å². The molecule has 0 fully saturated rings. The van der Waals surface area contributed by atoms with Crippen LogP contribution < -0.4 is 21.3 Å². The quantitative estimate of drug-likeness (QED) is 0.535. The molecule has 0 aliphatic heterocycles. The Labute approximate surface area is 124 Å². The van der Waals surface area contributed by atoms with Crippen LogP contribution in [0.4, 0.5) is 11.6 Å². The van der Waals surface area contributed by atoms with Crippen LogP contribution in [0.15, 0.2) is 30.3 Å². The Bertz CT molecular complexity index is 588. The molecular formula is C15H21N5O. The molecule has 1 aromatic carbocycles. The number of nitrogens with two attached hydrogens (primary N) is 1. The predicted octanol–water partition coefficient (Wildman–Crippen LogP) is 2.34. The zero-order valence-corrected chi connectivity index (χ0v) is 12.4. The molecule has 1 heterocycles. The van der Waals surface area contributed by atoms with Crippen LogP contribution >= 0.6 is 0 Å². The van der Waals surface area contributed by atoms with E-state index >= 15 is 0 Å². The standard InChI is InChI=1S/C15H21N5O/c1-3-6-13-18-14(9-15(19-13)20-16)17-10-11-7-4-5-8-12(11)21-2/h4-5,7-9H,3,6,10,16H2,1-2H3,(H2,17,18,19,20). The number of para-hydroxylation sites is 1. The molecule has 1 aromatic heterocycles. The average Bonchev–Trinajstić information content (AvgIpc) is 2.53. The maximum absolute atomic E-state index is 5.45. The number of ether oxygens (including phenoxy) is 1. The molecule has 0 radical (unpaired) electrons. The lowest BCUT2D eigenvalue weighted by Crippen LogP contribution is -2.12. The van der Waals surface area contributed by atoms with Gasteiger partial charge in [0.15, 0.2) is 0 Å². The third kappa shape index (κ3) is 4.06. The lowest BCUT2D eigenvalue weighted by molar-refractivity contribution is 0.410. The number of hydrogen-bond acceptors (Lipinski definition) is 6. The highest BCUT2D eigenvalue weighted by atomic mass is 16.5. The first kappa shape index (κ1) is 15.1. The van der Waals surface area contributed by atoms with Crippen LogP contribution in [-0.4, -0.2) is 17.1 Å². The van der Waals surface area contributed by atoms with Crippen molar-refractivity contribution in [2.24, 2.45) is 5.84 Å². The Morgan fingerprint density at radius 1 is 1.19 bits per heavy atom. The average molecular weight is 287 g/mol. The molecule has 0 bridgehead atoms. The van der Waals surface area contributed by atoms with Crippen molar-refractivity contribution < 1.29 is 4.74 Å². The number of rotatable bonds is 7. The van der Waals surface area contributed by atoms with Gasteiger partial charge in [-0.1, -0.05) is 25.1 Å². The van der Waals surface area contributed by atoms with E-state index < -0.39 is 0 Å². The fourth-order valence-electron chi connectivity index (χ4n) is 2.03. The third-order valence-corrected chi connectivity index (χ3v) is 3.05. The van der Waals surface area contributed by atoms with E-state index in [9.17, 15) is 0 Å². The number of nitrogen functional groups attached to an aromatic ring is 1. The SMILES string of the molecule is CCCc1nc(NN)cc(NCc2ccccc2OC)n1. The number of nitrogens with one attached hydrogen (secondary N) is 2. The molecule has 0 amide bonds. The molecule has 0 spiro atoms. The van der Waals surface area contributed by atoms with Crippen molar-refractivity contribution in [1.29, 1.82) is 0 Å². The molecule has 6 heteroatoms. The molecule has 112 valence electrons. The van der Waals surface area contributed by atoms with Gasteiger partial charge in [-0.05, 0) is 12.5 Å². The lowest BCUT2D eigenvalue weighted by Gasteiger charge is -2.11. The molecule has 4 N–H and O–H groups in total. The minimum atomic E-state index is 0.607. The van der Waals surface area contributed by atoms with Crippen LogP contribution in [0.5, 0.6) is 5.75 Å². The van der Waals surface area contributed by atoms with Gasteiger partial charge in [0.2, 0.25) is 0 Å². The summed E-state index contributed by atoms with van der Waals surface area (Å²) in [5.74, 6) is 8.42. The minimum Gasteiger partial charge on any atom is -0.496 e. The van der Waals surface area contributed by atoms with E-state index in [1.165, 1.54) is 0 Å². The Balaban J connectivity index is 2.13. The molecule has 6 nitrogen and oxygen atoms in total. The molecule has 0 saturated carbocycles. The maximum atomic E-state index is 5.45. The summed E-state index contributed by atoms with van der Waals surface area (Å²) >= 11 is 0. The first-order valence-corrected chi connectivity index (χ1v) is 6.97. The van der Waals surface area contributed by atoms with E-state index in [1.54, 1.807) is 13.2 Å². The molecular weight excluding hydrogens is 266 g/mol. The van der Waals surface area contributed by atoms with Crippen LogP contribution in [0.3, 0.4) is 0 Å². The molecule has 0 aliphatic rings. The molecule has 0 saturated heterocycles. The van der Waals surface area contributed by atoms with E-state index in [4.69, 9.17) is 10.6 Å². The number of nitrogens with zero attached hydrogens (tertiary/aromatic N) is 2. The van der Waals surface area contributed by atoms with Gasteiger partial charge >= 0.3 is 0 Å². The van der Waals surface area contributed by atoms with Gasteiger partial charge in [0, 0.05) is 24.6 Å². The molecule has 0 aliphatic carbocycles. The smallest absolute Gasteiger partial charge is 0.145 e. The van der Waals surface area contributed by atoms with Crippen molar-refractivity contribution in [1.82, 2.24) is 9.97 Å². The van der Waals surface area contributed by atoms with E-state index in [1.807, 2.05) is 24.3 Å². The fraction of sp³-hybridized carbons (Fsp3) is 0.333. The molecule has 0 atom stereocenters. The summed E-state index contributed by atoms with van der Waals surface area (Å²) in [6.07, 6.45) is 1.80. The minimum absolute atomic E-state index is 0.607. The van der Waals surface area contributed by atoms with E-state index in [-0.39, 0.29) is 0 Å². The van der Waals surface area contributed by atoms with Gasteiger partial charge in [-0.25, -0.2) is 15.8 Å². The van der Waals surface area contributed by atoms with Crippen LogP contribution in [0.2, 0.25) is 0 Å². The third-order valence-electron chi connectivity index (χ3n) is 3.05. The normalized spacial score (nSPS) is 10.2. The molecule has 2 rings (SSSR count). The Morgan fingerprint density at radius 3 is 2.67 bits per heavy atom. The monoisotopic (exact) mass is 287 g/mol. The highest BCUT2D eigenvalue weighted by molar-refractivity contribution is 5.48. The van der Waals surface area contributed by atoms with Crippen LogP contribution in [-0.2, 0) is 13.0 Å². The Kier molecular flexibility index (Phi) is 5.34. The van der Waals surface area contributed by atoms with Gasteiger partial charge in [-0.15, -0.1) is 0 Å². The van der Waals surface area contributed by atoms with E-state index in [0.717, 1.165) is 35.8 Å². The van der Waals surface area contributed by atoms with E-state index in [2.05, 4.69) is 27.6 Å². The van der Waals surface area contributed by atoms with Crippen LogP contribution in [0.25, 0.3) is 0 Å². The van der Waals surface area contributed by atoms with Gasteiger partial charge in [-0.2, -0.15) is 0 Å². The first-order valence-electron chi connectivity index (χ1n) is 6.97. The van der Waals surface area contributed by atoms with Crippen LogP contribution in [0.1, 0.15) is 24.7 Å². The fourth-order valence-corrected chi connectivity index (χ4v) is 2.03. The zero-order valence-electron chi connectivity index (χ0n) is 12.4. The Morgan fingerprint density at radius 2 is 1.95 bits per heavy atom. The summed E-state index contributed by atoms with van der Waals surface area (Å²) in [7, 11) is 1.67. The van der Waals surface area contributed by atoms with Crippen LogP contribution in [0, 0.1) is 0 Å². The number of hydrogen-bond donors (Lipinski definition) is 3. The van der Waals surface area contributed by atoms with Gasteiger partial charge in [0.1, 0.15) is 23.2 Å². The number of benzene rings is 1. The maximum Gasteiger partial charge on any atom is 0.145 e. The summed E-state index contributed by atoms with van der Waals surface area (Å²) < 4.78 is 5.34. The number of methoxy groups -OCH3 is 1. The topological polar surface area (TPSA) is 85.1 Å². The summed E-state index contributed by atoms with van der Waals surface area (Å²) in [6, 6.07) is 9.67. The van der Waals surface area contributed by atoms with Crippen molar-refractivity contribution in [3.05, 3.63) is 41.7 Å². The number of anilines is 2. The summed E-state index contributed by atoms with van der Waals surface area (Å²) in [4.78, 5) is 8.80. The van der Waals surface area contributed by atoms with E-state index in [0.29, 0.717) is 12.4 Å². The predicted molar refractivity (Wildman–Crippen MR) is 84.2 cm³/mol. The zero-order chi connectivity index (χ0) is 15.1. The van der Waals surface area contributed by atoms with Crippen molar-refractivity contribution in [3.63, 3.8) is 0 Å². The molecule has 2 aromatic rings. The Hall–Kier alpha value is -2.34. The van der Waals surface area contributed by atoms with Crippen molar-refractivity contribution in [2.45, 2.75) is 26.3 Å². The largest absolute Gasteiger partial charge is 0.496 e. The lowest BCUT2D eigenvalue weighted by atomic mass is 10.2. The van der Waals surface area contributed by atoms with Crippen molar-refractivity contribution >= 4 is 11.6 Å². The summed E-state index contributed by atoms with van der Waals surface area (Å²) in [5.41, 5.74) is 3.64. The second-order valence-corrected chi connectivity index (χ2v) is 4.61. The summed E-state index contributed by atoms with van der Waals surface area (Å²) in [6.45, 7) is 2.71.